The Hall–Kier alpha value is -2.88. The van der Waals surface area contributed by atoms with E-state index in [1.165, 1.54) is 4.90 Å². The van der Waals surface area contributed by atoms with Gasteiger partial charge in [0.05, 0.1) is 36.8 Å². The first-order chi connectivity index (χ1) is 15.1. The molecule has 176 valence electrons. The van der Waals surface area contributed by atoms with Crippen molar-refractivity contribution in [3.8, 4) is 6.01 Å². The average Bonchev–Trinajstić information content (AvgIpc) is 3.17. The van der Waals surface area contributed by atoms with Crippen LogP contribution in [0.5, 0.6) is 6.01 Å². The minimum absolute atomic E-state index is 0.171. The Bertz CT molecular complexity index is 930. The molecule has 0 spiro atoms. The third-order valence-electron chi connectivity index (χ3n) is 5.30. The van der Waals surface area contributed by atoms with Crippen LogP contribution in [0.15, 0.2) is 12.4 Å². The molecule has 3 heterocycles. The van der Waals surface area contributed by atoms with Gasteiger partial charge in [-0.1, -0.05) is 0 Å². The zero-order chi connectivity index (χ0) is 23.5. The van der Waals surface area contributed by atoms with Gasteiger partial charge in [0.25, 0.3) is 0 Å². The van der Waals surface area contributed by atoms with Crippen molar-refractivity contribution in [1.29, 1.82) is 0 Å². The second-order valence-corrected chi connectivity index (χ2v) is 9.19. The second kappa shape index (κ2) is 9.72. The van der Waals surface area contributed by atoms with Gasteiger partial charge in [-0.2, -0.15) is 15.1 Å². The third-order valence-corrected chi connectivity index (χ3v) is 5.30. The van der Waals surface area contributed by atoms with Crippen molar-refractivity contribution in [2.45, 2.75) is 65.6 Å². The number of nitrogens with zero attached hydrogens (tertiary/aromatic N) is 6. The zero-order valence-corrected chi connectivity index (χ0v) is 20.0. The number of aryl methyl sites for hydroxylation is 1. The number of nitrogen functional groups attached to an aromatic ring is 1. The number of likely N-dealkylation sites (tertiary alicyclic amines) is 1. The molecule has 0 aliphatic carbocycles. The largest absolute Gasteiger partial charge is 0.464 e. The van der Waals surface area contributed by atoms with Gasteiger partial charge in [0.15, 0.2) is 5.82 Å². The van der Waals surface area contributed by atoms with Crippen LogP contribution in [0.4, 0.5) is 16.3 Å². The number of nitrogens with two attached hydrogens (primary N) is 1. The van der Waals surface area contributed by atoms with Crippen LogP contribution in [0.1, 0.15) is 57.8 Å². The fourth-order valence-electron chi connectivity index (χ4n) is 3.58. The average molecular weight is 446 g/mol. The summed E-state index contributed by atoms with van der Waals surface area (Å²) in [5.41, 5.74) is 7.32. The van der Waals surface area contributed by atoms with Crippen LogP contribution < -0.4 is 15.4 Å². The fraction of sp³-hybridized carbons (Fsp3) is 0.636. The van der Waals surface area contributed by atoms with Crippen molar-refractivity contribution in [2.75, 3.05) is 37.4 Å². The van der Waals surface area contributed by atoms with E-state index in [1.54, 1.807) is 13.1 Å². The molecular weight excluding hydrogens is 410 g/mol. The SMILES string of the molecule is CCOc1nc(C)c(N)c(N(Cc2cnn(C3CCN(C)CC3)c2)C(=O)OC(C)(C)C)n1. The van der Waals surface area contributed by atoms with Crippen molar-refractivity contribution in [2.24, 2.45) is 0 Å². The van der Waals surface area contributed by atoms with Gasteiger partial charge in [0.2, 0.25) is 0 Å². The van der Waals surface area contributed by atoms with Gasteiger partial charge in [-0.15, -0.1) is 0 Å². The van der Waals surface area contributed by atoms with Gasteiger partial charge < -0.3 is 20.1 Å². The lowest BCUT2D eigenvalue weighted by Gasteiger charge is -2.29. The minimum Gasteiger partial charge on any atom is -0.464 e. The Balaban J connectivity index is 1.90. The number of rotatable bonds is 6. The number of amides is 1. The highest BCUT2D eigenvalue weighted by atomic mass is 16.6. The second-order valence-electron chi connectivity index (χ2n) is 9.19. The van der Waals surface area contributed by atoms with E-state index < -0.39 is 11.7 Å². The van der Waals surface area contributed by atoms with Crippen LogP contribution in [0, 0.1) is 6.92 Å². The van der Waals surface area contributed by atoms with Gasteiger partial charge in [0.1, 0.15) is 5.60 Å². The van der Waals surface area contributed by atoms with Gasteiger partial charge >= 0.3 is 12.1 Å². The van der Waals surface area contributed by atoms with E-state index in [1.807, 2.05) is 38.6 Å². The molecule has 3 rings (SSSR count). The molecule has 0 saturated carbocycles. The highest BCUT2D eigenvalue weighted by molar-refractivity contribution is 5.90. The first-order valence-electron chi connectivity index (χ1n) is 11.1. The van der Waals surface area contributed by atoms with E-state index in [0.717, 1.165) is 31.5 Å². The quantitative estimate of drug-likeness (QED) is 0.722. The normalized spacial score (nSPS) is 15.6. The van der Waals surface area contributed by atoms with Gasteiger partial charge in [0, 0.05) is 11.8 Å². The van der Waals surface area contributed by atoms with E-state index >= 15 is 0 Å². The van der Waals surface area contributed by atoms with E-state index in [-0.39, 0.29) is 18.4 Å². The van der Waals surface area contributed by atoms with Crippen LogP contribution in [0.2, 0.25) is 0 Å². The molecular formula is C22H35N7O3. The van der Waals surface area contributed by atoms with Crippen LogP contribution in [-0.2, 0) is 11.3 Å². The third kappa shape index (κ3) is 5.87. The summed E-state index contributed by atoms with van der Waals surface area (Å²) in [5, 5.41) is 4.56. The maximum absolute atomic E-state index is 13.2. The van der Waals surface area contributed by atoms with Crippen molar-refractivity contribution < 1.29 is 14.3 Å². The summed E-state index contributed by atoms with van der Waals surface area (Å²) < 4.78 is 13.1. The Labute approximate surface area is 189 Å². The highest BCUT2D eigenvalue weighted by Crippen LogP contribution is 2.29. The molecule has 2 aromatic rings. The van der Waals surface area contributed by atoms with Crippen LogP contribution in [0.3, 0.4) is 0 Å². The first-order valence-corrected chi connectivity index (χ1v) is 11.1. The van der Waals surface area contributed by atoms with E-state index in [2.05, 4.69) is 27.0 Å². The number of piperidine rings is 1. The summed E-state index contributed by atoms with van der Waals surface area (Å²) in [7, 11) is 2.13. The van der Waals surface area contributed by atoms with Gasteiger partial charge in [-0.05, 0) is 67.6 Å². The summed E-state index contributed by atoms with van der Waals surface area (Å²) in [6.07, 6.45) is 5.31. The molecule has 0 radical (unpaired) electrons. The molecule has 1 saturated heterocycles. The van der Waals surface area contributed by atoms with Crippen molar-refractivity contribution in [3.05, 3.63) is 23.7 Å². The number of hydrogen-bond acceptors (Lipinski definition) is 8. The number of ether oxygens (including phenoxy) is 2. The lowest BCUT2D eigenvalue weighted by molar-refractivity contribution is 0.0576. The molecule has 1 amide bonds. The van der Waals surface area contributed by atoms with Gasteiger partial charge in [-0.25, -0.2) is 4.79 Å². The monoisotopic (exact) mass is 445 g/mol. The maximum Gasteiger partial charge on any atom is 0.416 e. The highest BCUT2D eigenvalue weighted by Gasteiger charge is 2.28. The molecule has 1 aliphatic rings. The Morgan fingerprint density at radius 3 is 2.59 bits per heavy atom. The fourth-order valence-corrected chi connectivity index (χ4v) is 3.58. The molecule has 0 bridgehead atoms. The molecule has 2 aromatic heterocycles. The predicted molar refractivity (Wildman–Crippen MR) is 123 cm³/mol. The van der Waals surface area contributed by atoms with Crippen LogP contribution in [-0.4, -0.2) is 63.1 Å². The molecule has 0 unspecified atom stereocenters. The Kier molecular flexibility index (Phi) is 7.22. The van der Waals surface area contributed by atoms with E-state index in [4.69, 9.17) is 15.2 Å². The number of anilines is 2. The van der Waals surface area contributed by atoms with E-state index in [9.17, 15) is 4.79 Å². The Morgan fingerprint density at radius 2 is 1.97 bits per heavy atom. The zero-order valence-electron chi connectivity index (χ0n) is 20.0. The summed E-state index contributed by atoms with van der Waals surface area (Å²) in [4.78, 5) is 25.6. The minimum atomic E-state index is -0.673. The lowest BCUT2D eigenvalue weighted by Crippen LogP contribution is -2.37. The summed E-state index contributed by atoms with van der Waals surface area (Å²) in [6, 6.07) is 0.524. The standard InChI is InChI=1S/C22H35N7O3/c1-7-31-20-25-15(2)18(23)19(26-20)28(21(30)32-22(3,4)5)13-16-12-24-29(14-16)17-8-10-27(6)11-9-17/h12,14,17H,7-11,13,23H2,1-6H3. The van der Waals surface area contributed by atoms with Crippen molar-refractivity contribution in [1.82, 2.24) is 24.6 Å². The van der Waals surface area contributed by atoms with Crippen LogP contribution in [0.25, 0.3) is 0 Å². The van der Waals surface area contributed by atoms with Gasteiger partial charge in [-0.3, -0.25) is 9.58 Å². The first kappa shape index (κ1) is 23.8. The molecule has 10 nitrogen and oxygen atoms in total. The number of carbonyl (C=O) groups excluding carboxylic acids is 1. The number of hydrogen-bond donors (Lipinski definition) is 1. The predicted octanol–water partition coefficient (Wildman–Crippen LogP) is 3.17. The number of carbonyl (C=O) groups is 1. The summed E-state index contributed by atoms with van der Waals surface area (Å²) in [5.74, 6) is 0.266. The summed E-state index contributed by atoms with van der Waals surface area (Å²) >= 11 is 0. The molecule has 10 heteroatoms. The summed E-state index contributed by atoms with van der Waals surface area (Å²) in [6.45, 7) is 11.8. The molecule has 1 aliphatic heterocycles. The maximum atomic E-state index is 13.2. The van der Waals surface area contributed by atoms with Crippen LogP contribution >= 0.6 is 0 Å². The lowest BCUT2D eigenvalue weighted by atomic mass is 10.1. The molecule has 2 N–H and O–H groups in total. The van der Waals surface area contributed by atoms with Crippen molar-refractivity contribution >= 4 is 17.6 Å². The Morgan fingerprint density at radius 1 is 1.28 bits per heavy atom. The molecule has 1 fully saturated rings. The molecule has 0 atom stereocenters. The molecule has 0 aromatic carbocycles. The topological polar surface area (TPSA) is 112 Å². The molecule has 32 heavy (non-hydrogen) atoms. The van der Waals surface area contributed by atoms with Crippen molar-refractivity contribution in [3.63, 3.8) is 0 Å². The number of aromatic nitrogens is 4. The van der Waals surface area contributed by atoms with E-state index in [0.29, 0.717) is 24.0 Å². The smallest absolute Gasteiger partial charge is 0.416 e.